The second kappa shape index (κ2) is 6.41. The monoisotopic (exact) mass is 243 g/mol. The van der Waals surface area contributed by atoms with Gasteiger partial charge in [0.05, 0.1) is 0 Å². The highest BCUT2D eigenvalue weighted by Gasteiger charge is 2.27. The third-order valence-corrected chi connectivity index (χ3v) is 3.03. The maximum Gasteiger partial charge on any atom is 0.227 e. The summed E-state index contributed by atoms with van der Waals surface area (Å²) in [6, 6.07) is 0. The Morgan fingerprint density at radius 2 is 1.75 bits per heavy atom. The molecule has 0 fully saturated rings. The van der Waals surface area contributed by atoms with Crippen LogP contribution in [-0.2, 0) is 9.47 Å². The first-order valence-corrected chi connectivity index (χ1v) is 9.16. The van der Waals surface area contributed by atoms with Gasteiger partial charge in [0.2, 0.25) is 5.91 Å². The molecule has 0 rings (SSSR count). The van der Waals surface area contributed by atoms with Gasteiger partial charge in [0.1, 0.15) is 14.7 Å². The van der Waals surface area contributed by atoms with Crippen LogP contribution in [0.25, 0.3) is 0 Å². The van der Waals surface area contributed by atoms with Crippen molar-refractivity contribution in [3.63, 3.8) is 0 Å². The highest BCUT2D eigenvalue weighted by Crippen LogP contribution is 2.14. The Labute approximate surface area is 101 Å². The summed E-state index contributed by atoms with van der Waals surface area (Å²) in [7, 11) is 2.57. The van der Waals surface area contributed by atoms with E-state index in [1.807, 2.05) is 32.8 Å². The molecule has 0 aromatic heterocycles. The molecule has 16 heavy (non-hydrogen) atoms. The summed E-state index contributed by atoms with van der Waals surface area (Å²) in [5.74, 6) is 2.40. The van der Waals surface area contributed by atoms with E-state index >= 15 is 0 Å². The molecule has 0 heterocycles. The zero-order chi connectivity index (χ0) is 12.8. The molecule has 0 aromatic carbocycles. The summed E-state index contributed by atoms with van der Waals surface area (Å²) in [6.07, 6.45) is 0. The first kappa shape index (κ1) is 15.7. The average Bonchev–Trinajstić information content (AvgIpc) is 2.11. The summed E-state index contributed by atoms with van der Waals surface area (Å²) in [5.41, 5.74) is 3.27. The molecule has 0 N–H and O–H groups in total. The molecular weight excluding hydrogens is 218 g/mol. The minimum atomic E-state index is -1.29. The van der Waals surface area contributed by atoms with Crippen LogP contribution in [0.2, 0.25) is 19.6 Å². The first-order valence-electron chi connectivity index (χ1n) is 5.66. The van der Waals surface area contributed by atoms with Crippen LogP contribution in [0.15, 0.2) is 0 Å². The Morgan fingerprint density at radius 3 is 2.12 bits per heavy atom. The zero-order valence-corrected chi connectivity index (χ0v) is 12.7. The van der Waals surface area contributed by atoms with Crippen molar-refractivity contribution in [2.75, 3.05) is 27.3 Å². The van der Waals surface area contributed by atoms with Crippen molar-refractivity contribution in [3.05, 3.63) is 0 Å². The molecule has 3 nitrogen and oxygen atoms in total. The molecule has 0 aliphatic carbocycles. The van der Waals surface area contributed by atoms with E-state index in [9.17, 15) is 0 Å². The zero-order valence-electron chi connectivity index (χ0n) is 11.7. The van der Waals surface area contributed by atoms with Gasteiger partial charge in [-0.25, -0.2) is 0 Å². The van der Waals surface area contributed by atoms with Crippen LogP contribution >= 0.6 is 0 Å². The maximum atomic E-state index is 5.68. The van der Waals surface area contributed by atoms with Crippen LogP contribution in [0.5, 0.6) is 0 Å². The summed E-state index contributed by atoms with van der Waals surface area (Å²) in [6.45, 7) is 11.6. The second-order valence-corrected chi connectivity index (χ2v) is 9.82. The smallest absolute Gasteiger partial charge is 0.227 e. The fraction of sp³-hybridized carbons (Fsp3) is 0.833. The summed E-state index contributed by atoms with van der Waals surface area (Å²) in [5, 5.41) is 0. The van der Waals surface area contributed by atoms with E-state index in [4.69, 9.17) is 9.47 Å². The summed E-state index contributed by atoms with van der Waals surface area (Å²) >= 11 is 0. The third kappa shape index (κ3) is 6.29. The van der Waals surface area contributed by atoms with Crippen LogP contribution in [0.1, 0.15) is 13.8 Å². The molecule has 4 heteroatoms. The second-order valence-electron chi connectivity index (χ2n) is 5.07. The van der Waals surface area contributed by atoms with Crippen LogP contribution in [-0.4, -0.2) is 46.2 Å². The van der Waals surface area contributed by atoms with Crippen LogP contribution < -0.4 is 0 Å². The molecule has 0 saturated carbocycles. The Hall–Kier alpha value is -0.343. The average molecular weight is 243 g/mol. The Morgan fingerprint density at radius 1 is 1.19 bits per heavy atom. The fourth-order valence-corrected chi connectivity index (χ4v) is 1.64. The van der Waals surface area contributed by atoms with Crippen molar-refractivity contribution < 1.29 is 9.47 Å². The Balaban J connectivity index is 4.28. The number of rotatable bonds is 5. The van der Waals surface area contributed by atoms with Crippen molar-refractivity contribution in [2.24, 2.45) is 0 Å². The van der Waals surface area contributed by atoms with Gasteiger partial charge in [0.25, 0.3) is 0 Å². The highest BCUT2D eigenvalue weighted by atomic mass is 28.3. The predicted octanol–water partition coefficient (Wildman–Crippen LogP) is 2.16. The van der Waals surface area contributed by atoms with Gasteiger partial charge in [-0.15, -0.1) is 5.54 Å². The van der Waals surface area contributed by atoms with Crippen LogP contribution in [0.4, 0.5) is 0 Å². The minimum Gasteiger partial charge on any atom is -0.338 e. The van der Waals surface area contributed by atoms with Gasteiger partial charge in [-0.2, -0.15) is 0 Å². The largest absolute Gasteiger partial charge is 0.338 e. The Kier molecular flexibility index (Phi) is 6.27. The number of ether oxygens (including phenoxy) is 2. The predicted molar refractivity (Wildman–Crippen MR) is 70.8 cm³/mol. The fourth-order valence-electron chi connectivity index (χ4n) is 1.04. The van der Waals surface area contributed by atoms with E-state index in [-0.39, 0.29) is 0 Å². The molecule has 0 saturated heterocycles. The van der Waals surface area contributed by atoms with Gasteiger partial charge < -0.3 is 9.47 Å². The van der Waals surface area contributed by atoms with Crippen molar-refractivity contribution in [1.29, 1.82) is 0 Å². The lowest BCUT2D eigenvalue weighted by Crippen LogP contribution is -2.46. The van der Waals surface area contributed by atoms with E-state index in [2.05, 4.69) is 31.1 Å². The molecule has 0 amide bonds. The Bertz CT molecular complexity index is 262. The van der Waals surface area contributed by atoms with Crippen LogP contribution in [0, 0.1) is 11.5 Å². The van der Waals surface area contributed by atoms with E-state index in [1.165, 1.54) is 0 Å². The van der Waals surface area contributed by atoms with Crippen molar-refractivity contribution in [2.45, 2.75) is 39.4 Å². The molecule has 0 aromatic rings. The summed E-state index contributed by atoms with van der Waals surface area (Å²) < 4.78 is 11.2. The molecule has 0 bridgehead atoms. The van der Waals surface area contributed by atoms with Crippen molar-refractivity contribution in [1.82, 2.24) is 4.90 Å². The number of hydrogen-bond donors (Lipinski definition) is 0. The topological polar surface area (TPSA) is 21.7 Å². The molecule has 1 atom stereocenters. The molecule has 1 unspecified atom stereocenters. The van der Waals surface area contributed by atoms with Crippen molar-refractivity contribution in [3.8, 4) is 11.5 Å². The van der Waals surface area contributed by atoms with Gasteiger partial charge in [0.15, 0.2) is 0 Å². The minimum absolute atomic E-state index is 0.416. The van der Waals surface area contributed by atoms with Crippen molar-refractivity contribution >= 4 is 8.07 Å². The van der Waals surface area contributed by atoms with Gasteiger partial charge in [0, 0.05) is 13.5 Å². The van der Waals surface area contributed by atoms with E-state index < -0.39 is 14.0 Å². The summed E-state index contributed by atoms with van der Waals surface area (Å²) in [4.78, 5) is 1.91. The lowest BCUT2D eigenvalue weighted by atomic mass is 10.5. The molecule has 0 aliphatic rings. The molecule has 0 radical (unpaired) electrons. The van der Waals surface area contributed by atoms with Gasteiger partial charge in [-0.3, -0.25) is 4.90 Å². The number of hydrogen-bond acceptors (Lipinski definition) is 3. The molecule has 94 valence electrons. The lowest BCUT2D eigenvalue weighted by Gasteiger charge is -2.34. The van der Waals surface area contributed by atoms with Gasteiger partial charge in [-0.1, -0.05) is 25.6 Å². The molecular formula is C12H25NO2Si. The van der Waals surface area contributed by atoms with E-state index in [1.54, 1.807) is 0 Å². The normalized spacial score (nSPS) is 15.5. The SMILES string of the molecule is CCOC(C)(OCC#C[Si](C)(C)C)N(C)C. The number of nitrogens with zero attached hydrogens (tertiary/aromatic N) is 1. The standard InChI is InChI=1S/C12H25NO2Si/c1-8-14-12(2,13(3)4)15-10-9-11-16(5,6)7/h8,10H2,1-7H3. The third-order valence-electron chi connectivity index (χ3n) is 2.10. The lowest BCUT2D eigenvalue weighted by molar-refractivity contribution is -0.288. The van der Waals surface area contributed by atoms with E-state index in [0.717, 1.165) is 0 Å². The quantitative estimate of drug-likeness (QED) is 0.419. The first-order chi connectivity index (χ1) is 7.21. The molecule has 0 aliphatic heterocycles. The van der Waals surface area contributed by atoms with Gasteiger partial charge >= 0.3 is 0 Å². The van der Waals surface area contributed by atoms with Gasteiger partial charge in [-0.05, 0) is 21.0 Å². The molecule has 0 spiro atoms. The maximum absolute atomic E-state index is 5.68. The van der Waals surface area contributed by atoms with Crippen LogP contribution in [0.3, 0.4) is 0 Å². The highest BCUT2D eigenvalue weighted by molar-refractivity contribution is 6.83. The van der Waals surface area contributed by atoms with E-state index in [0.29, 0.717) is 13.2 Å².